The van der Waals surface area contributed by atoms with Gasteiger partial charge in [0, 0.05) is 11.3 Å². The predicted molar refractivity (Wildman–Crippen MR) is 133 cm³/mol. The van der Waals surface area contributed by atoms with Crippen LogP contribution in [-0.4, -0.2) is 83.3 Å². The van der Waals surface area contributed by atoms with E-state index in [4.69, 9.17) is 0 Å². The smallest absolute Gasteiger partial charge is 0.159 e. The largest absolute Gasteiger partial charge is 0.393 e. The summed E-state index contributed by atoms with van der Waals surface area (Å²) in [5, 5.41) is 75.4. The Bertz CT molecular complexity index is 955. The summed E-state index contributed by atoms with van der Waals surface area (Å²) >= 11 is 0. The van der Waals surface area contributed by atoms with Crippen molar-refractivity contribution in [1.29, 1.82) is 0 Å². The fraction of sp³-hybridized carbons (Fsp3) is 0.821. The topological polar surface area (TPSA) is 159 Å². The Morgan fingerprint density at radius 3 is 2.39 bits per heavy atom. The van der Waals surface area contributed by atoms with Gasteiger partial charge in [0.25, 0.3) is 0 Å². The lowest BCUT2D eigenvalue weighted by Crippen LogP contribution is -2.63. The van der Waals surface area contributed by atoms with E-state index < -0.39 is 64.4 Å². The number of fused-ring (bicyclic) bond motifs is 5. The third kappa shape index (κ3) is 3.79. The zero-order chi connectivity index (χ0) is 27.1. The highest BCUT2D eigenvalue weighted by Gasteiger charge is 2.69. The maximum absolute atomic E-state index is 13.3. The van der Waals surface area contributed by atoms with Crippen molar-refractivity contribution >= 4 is 5.78 Å². The van der Waals surface area contributed by atoms with Gasteiger partial charge in [0.1, 0.15) is 5.60 Å². The number of aliphatic hydroxyl groups excluding tert-OH is 4. The number of ketones is 1. The molecule has 11 unspecified atom stereocenters. The van der Waals surface area contributed by atoms with Gasteiger partial charge in [-0.25, -0.2) is 0 Å². The highest BCUT2D eigenvalue weighted by Crippen LogP contribution is 2.68. The minimum Gasteiger partial charge on any atom is -0.393 e. The maximum Gasteiger partial charge on any atom is 0.159 e. The number of carbonyl (C=O) groups excluding carboxylic acids is 1. The fourth-order valence-corrected chi connectivity index (χ4v) is 8.31. The van der Waals surface area contributed by atoms with E-state index in [1.165, 1.54) is 6.92 Å². The van der Waals surface area contributed by atoms with Crippen LogP contribution in [0.25, 0.3) is 0 Å². The van der Waals surface area contributed by atoms with E-state index in [9.17, 15) is 40.5 Å². The molecule has 0 bridgehead atoms. The highest BCUT2D eigenvalue weighted by molar-refractivity contribution is 5.95. The molecule has 0 aromatic carbocycles. The summed E-state index contributed by atoms with van der Waals surface area (Å²) in [6.45, 7) is 10.1. The molecule has 8 nitrogen and oxygen atoms in total. The van der Waals surface area contributed by atoms with Gasteiger partial charge in [-0.15, -0.1) is 0 Å². The Hall–Kier alpha value is -1.13. The Balaban J connectivity index is 1.66. The lowest BCUT2D eigenvalue weighted by atomic mass is 9.45. The molecular weight excluding hydrogens is 464 g/mol. The Kier molecular flexibility index (Phi) is 6.74. The molecule has 11 atom stereocenters. The van der Waals surface area contributed by atoms with E-state index in [0.717, 1.165) is 0 Å². The standard InChI is InChI=1S/C28H44O8/c1-15(26(4,34)14-29)10-23(33)27(5,35)22-7-9-28(36)17-11-19(30)18-12-20(31)21(32)13-24(18,2)16(17)6-8-25(22,28)3/h11,16,18,20-23,29,31-36H,1,6-10,12-14H2,2-5H3. The number of aliphatic hydroxyl groups is 7. The van der Waals surface area contributed by atoms with Crippen molar-refractivity contribution in [3.05, 3.63) is 23.8 Å². The summed E-state index contributed by atoms with van der Waals surface area (Å²) < 4.78 is 0. The van der Waals surface area contributed by atoms with Gasteiger partial charge in [0.15, 0.2) is 5.78 Å². The monoisotopic (exact) mass is 508 g/mol. The summed E-state index contributed by atoms with van der Waals surface area (Å²) in [6.07, 6.45) is 0.764. The van der Waals surface area contributed by atoms with Crippen molar-refractivity contribution in [2.24, 2.45) is 28.6 Å². The van der Waals surface area contributed by atoms with Gasteiger partial charge in [-0.1, -0.05) is 20.4 Å². The molecule has 204 valence electrons. The number of carbonyl (C=O) groups is 1. The van der Waals surface area contributed by atoms with Gasteiger partial charge < -0.3 is 35.7 Å². The molecule has 36 heavy (non-hydrogen) atoms. The minimum atomic E-state index is -1.63. The molecule has 4 aliphatic rings. The Morgan fingerprint density at radius 2 is 1.78 bits per heavy atom. The molecule has 3 saturated carbocycles. The number of rotatable bonds is 6. The zero-order valence-corrected chi connectivity index (χ0v) is 21.9. The van der Waals surface area contributed by atoms with Crippen LogP contribution in [0.15, 0.2) is 23.8 Å². The molecule has 7 N–H and O–H groups in total. The third-order valence-electron chi connectivity index (χ3n) is 11.0. The van der Waals surface area contributed by atoms with Gasteiger partial charge in [0.05, 0.1) is 36.1 Å². The van der Waals surface area contributed by atoms with Gasteiger partial charge in [0.2, 0.25) is 0 Å². The molecular formula is C28H44O8. The summed E-state index contributed by atoms with van der Waals surface area (Å²) in [4.78, 5) is 13.3. The second-order valence-electron chi connectivity index (χ2n) is 13.1. The van der Waals surface area contributed by atoms with E-state index in [-0.39, 0.29) is 36.5 Å². The second-order valence-corrected chi connectivity index (χ2v) is 13.1. The van der Waals surface area contributed by atoms with E-state index in [2.05, 4.69) is 6.58 Å². The SMILES string of the molecule is C=C(CC(O)C(C)(O)C1CCC2(O)C3=CC(=O)C4CC(O)C(O)CC4(C)C3CCC12C)C(C)(O)CO. The first-order valence-corrected chi connectivity index (χ1v) is 13.2. The molecule has 4 rings (SSSR count). The average molecular weight is 509 g/mol. The van der Waals surface area contributed by atoms with E-state index in [1.807, 2.05) is 13.8 Å². The van der Waals surface area contributed by atoms with Gasteiger partial charge in [-0.05, 0) is 93.3 Å². The first-order chi connectivity index (χ1) is 16.5. The van der Waals surface area contributed by atoms with Crippen LogP contribution in [0.2, 0.25) is 0 Å². The molecule has 3 fully saturated rings. The van der Waals surface area contributed by atoms with Crippen LogP contribution in [0.1, 0.15) is 72.6 Å². The van der Waals surface area contributed by atoms with Crippen molar-refractivity contribution in [3.8, 4) is 0 Å². The summed E-state index contributed by atoms with van der Waals surface area (Å²) in [5.41, 5.74) is -5.12. The molecule has 0 aromatic rings. The van der Waals surface area contributed by atoms with Crippen molar-refractivity contribution in [3.63, 3.8) is 0 Å². The molecule has 0 aliphatic heterocycles. The zero-order valence-electron chi connectivity index (χ0n) is 21.9. The quantitative estimate of drug-likeness (QED) is 0.262. The molecule has 0 saturated heterocycles. The molecule has 0 amide bonds. The van der Waals surface area contributed by atoms with Crippen LogP contribution in [-0.2, 0) is 4.79 Å². The number of hydrogen-bond acceptors (Lipinski definition) is 8. The normalized spacial score (nSPS) is 46.5. The first kappa shape index (κ1) is 27.9. The highest BCUT2D eigenvalue weighted by atomic mass is 16.3. The Labute approximate surface area is 213 Å². The number of hydrogen-bond donors (Lipinski definition) is 7. The van der Waals surface area contributed by atoms with E-state index in [1.54, 1.807) is 13.0 Å². The van der Waals surface area contributed by atoms with E-state index in [0.29, 0.717) is 31.3 Å². The van der Waals surface area contributed by atoms with Crippen LogP contribution in [0.4, 0.5) is 0 Å². The lowest BCUT2D eigenvalue weighted by molar-refractivity contribution is -0.175. The predicted octanol–water partition coefficient (Wildman–Crippen LogP) is 0.992. The maximum atomic E-state index is 13.3. The molecule has 0 heterocycles. The van der Waals surface area contributed by atoms with Crippen LogP contribution in [0.5, 0.6) is 0 Å². The number of allylic oxidation sites excluding steroid dienone is 1. The van der Waals surface area contributed by atoms with Crippen LogP contribution in [0, 0.1) is 28.6 Å². The minimum absolute atomic E-state index is 0.116. The van der Waals surface area contributed by atoms with Crippen molar-refractivity contribution < 1.29 is 40.5 Å². The summed E-state index contributed by atoms with van der Waals surface area (Å²) in [5.74, 6) is -1.18. The first-order valence-electron chi connectivity index (χ1n) is 13.2. The Morgan fingerprint density at radius 1 is 1.14 bits per heavy atom. The van der Waals surface area contributed by atoms with Gasteiger partial charge >= 0.3 is 0 Å². The molecule has 8 heteroatoms. The van der Waals surface area contributed by atoms with Crippen molar-refractivity contribution in [1.82, 2.24) is 0 Å². The molecule has 0 spiro atoms. The van der Waals surface area contributed by atoms with Gasteiger partial charge in [-0.3, -0.25) is 4.79 Å². The van der Waals surface area contributed by atoms with E-state index >= 15 is 0 Å². The van der Waals surface area contributed by atoms with Crippen LogP contribution >= 0.6 is 0 Å². The lowest BCUT2D eigenvalue weighted by Gasteiger charge is -2.60. The summed E-state index contributed by atoms with van der Waals surface area (Å²) in [7, 11) is 0. The van der Waals surface area contributed by atoms with Gasteiger partial charge in [-0.2, -0.15) is 0 Å². The van der Waals surface area contributed by atoms with Crippen LogP contribution in [0.3, 0.4) is 0 Å². The third-order valence-corrected chi connectivity index (χ3v) is 11.0. The molecule has 0 radical (unpaired) electrons. The second kappa shape index (κ2) is 8.70. The molecule has 4 aliphatic carbocycles. The van der Waals surface area contributed by atoms with Crippen molar-refractivity contribution in [2.45, 2.75) is 108 Å². The van der Waals surface area contributed by atoms with Crippen LogP contribution < -0.4 is 0 Å². The average Bonchev–Trinajstić information content (AvgIpc) is 3.07. The summed E-state index contributed by atoms with van der Waals surface area (Å²) in [6, 6.07) is 0. The molecule has 0 aromatic heterocycles. The fourth-order valence-electron chi connectivity index (χ4n) is 8.31. The van der Waals surface area contributed by atoms with Crippen molar-refractivity contribution in [2.75, 3.05) is 6.61 Å².